The van der Waals surface area contributed by atoms with E-state index in [9.17, 15) is 4.79 Å². The highest BCUT2D eigenvalue weighted by atomic mass is 79.9. The average Bonchev–Trinajstić information content (AvgIpc) is 2.98. The summed E-state index contributed by atoms with van der Waals surface area (Å²) in [4.78, 5) is 16.0. The van der Waals surface area contributed by atoms with Crippen LogP contribution in [0.3, 0.4) is 0 Å². The summed E-state index contributed by atoms with van der Waals surface area (Å²) in [5, 5.41) is 3.07. The summed E-state index contributed by atoms with van der Waals surface area (Å²) >= 11 is 3.28. The number of hydrogen-bond acceptors (Lipinski definition) is 2. The number of hydrogen-bond donors (Lipinski definition) is 1. The second-order valence-electron chi connectivity index (χ2n) is 5.51. The molecule has 2 aliphatic carbocycles. The fourth-order valence-electron chi connectivity index (χ4n) is 3.50. The van der Waals surface area contributed by atoms with Crippen molar-refractivity contribution in [1.82, 2.24) is 10.3 Å². The van der Waals surface area contributed by atoms with E-state index in [0.29, 0.717) is 16.1 Å². The van der Waals surface area contributed by atoms with Gasteiger partial charge in [0.1, 0.15) is 4.60 Å². The van der Waals surface area contributed by atoms with E-state index in [0.717, 1.165) is 18.4 Å². The van der Waals surface area contributed by atoms with E-state index >= 15 is 0 Å². The monoisotopic (exact) mass is 308 g/mol. The maximum absolute atomic E-state index is 12.0. The first kappa shape index (κ1) is 12.2. The normalized spacial score (nSPS) is 29.5. The lowest BCUT2D eigenvalue weighted by atomic mass is 9.89. The highest BCUT2D eigenvalue weighted by molar-refractivity contribution is 9.10. The van der Waals surface area contributed by atoms with E-state index in [1.807, 2.05) is 0 Å². The number of carbonyl (C=O) groups excluding carboxylic acids is 1. The summed E-state index contributed by atoms with van der Waals surface area (Å²) in [5.41, 5.74) is 0.681. The Morgan fingerprint density at radius 3 is 3.00 bits per heavy atom. The number of aromatic nitrogens is 1. The molecule has 3 nitrogen and oxygen atoms in total. The van der Waals surface area contributed by atoms with Crippen LogP contribution in [0, 0.1) is 17.8 Å². The van der Waals surface area contributed by atoms with Crippen molar-refractivity contribution in [2.75, 3.05) is 6.54 Å². The van der Waals surface area contributed by atoms with Crippen LogP contribution in [0.1, 0.15) is 36.0 Å². The van der Waals surface area contributed by atoms with Crippen molar-refractivity contribution in [2.45, 2.75) is 25.7 Å². The van der Waals surface area contributed by atoms with Crippen molar-refractivity contribution in [2.24, 2.45) is 17.8 Å². The highest BCUT2D eigenvalue weighted by Crippen LogP contribution is 2.47. The van der Waals surface area contributed by atoms with Crippen molar-refractivity contribution in [3.05, 3.63) is 28.5 Å². The maximum atomic E-state index is 12.0. The van der Waals surface area contributed by atoms with Gasteiger partial charge in [0.25, 0.3) is 5.91 Å². The van der Waals surface area contributed by atoms with E-state index in [1.165, 1.54) is 25.7 Å². The van der Waals surface area contributed by atoms with Crippen LogP contribution in [0.25, 0.3) is 0 Å². The minimum Gasteiger partial charge on any atom is -0.352 e. The lowest BCUT2D eigenvalue weighted by molar-refractivity contribution is 0.0941. The van der Waals surface area contributed by atoms with Crippen molar-refractivity contribution in [3.8, 4) is 0 Å². The van der Waals surface area contributed by atoms with Gasteiger partial charge in [-0.1, -0.05) is 6.42 Å². The van der Waals surface area contributed by atoms with Crippen molar-refractivity contribution >= 4 is 21.8 Å². The first-order valence-corrected chi connectivity index (χ1v) is 7.41. The van der Waals surface area contributed by atoms with Crippen molar-refractivity contribution in [3.63, 3.8) is 0 Å². The molecule has 0 spiro atoms. The molecule has 4 heteroatoms. The summed E-state index contributed by atoms with van der Waals surface area (Å²) in [6, 6.07) is 3.51. The second kappa shape index (κ2) is 5.00. The molecule has 2 fully saturated rings. The van der Waals surface area contributed by atoms with E-state index in [4.69, 9.17) is 0 Å². The number of fused-ring (bicyclic) bond motifs is 2. The topological polar surface area (TPSA) is 42.0 Å². The maximum Gasteiger partial charge on any atom is 0.251 e. The van der Waals surface area contributed by atoms with E-state index in [1.54, 1.807) is 18.3 Å². The Kier molecular flexibility index (Phi) is 3.37. The van der Waals surface area contributed by atoms with Gasteiger partial charge in [0.2, 0.25) is 0 Å². The molecule has 0 radical (unpaired) electrons. The predicted molar refractivity (Wildman–Crippen MR) is 73.2 cm³/mol. The van der Waals surface area contributed by atoms with E-state index in [2.05, 4.69) is 26.2 Å². The molecule has 1 heterocycles. The molecule has 2 aliphatic rings. The van der Waals surface area contributed by atoms with Crippen LogP contribution in [-0.4, -0.2) is 17.4 Å². The number of rotatable bonds is 3. The van der Waals surface area contributed by atoms with Gasteiger partial charge in [0.05, 0.1) is 0 Å². The summed E-state index contributed by atoms with van der Waals surface area (Å²) in [6.07, 6.45) is 7.13. The zero-order valence-corrected chi connectivity index (χ0v) is 11.8. The standard InChI is InChI=1S/C14H17BrN2O/c15-13-7-11(3-4-16-13)14(18)17-8-12-6-9-1-2-10(12)5-9/h3-4,7,9-10,12H,1-2,5-6,8H2,(H,17,18). The van der Waals surface area contributed by atoms with Crippen LogP contribution in [0.5, 0.6) is 0 Å². The number of nitrogens with one attached hydrogen (secondary N) is 1. The molecule has 1 aromatic rings. The third-order valence-electron chi connectivity index (χ3n) is 4.40. The number of nitrogens with zero attached hydrogens (tertiary/aromatic N) is 1. The fourth-order valence-corrected chi connectivity index (χ4v) is 3.86. The van der Waals surface area contributed by atoms with Gasteiger partial charge in [0.15, 0.2) is 0 Å². The third-order valence-corrected chi connectivity index (χ3v) is 4.83. The quantitative estimate of drug-likeness (QED) is 0.872. The van der Waals surface area contributed by atoms with Crippen molar-refractivity contribution in [1.29, 1.82) is 0 Å². The molecule has 2 bridgehead atoms. The molecule has 3 rings (SSSR count). The smallest absolute Gasteiger partial charge is 0.251 e. The van der Waals surface area contributed by atoms with Crippen LogP contribution >= 0.6 is 15.9 Å². The average molecular weight is 309 g/mol. The van der Waals surface area contributed by atoms with Gasteiger partial charge in [-0.2, -0.15) is 0 Å². The van der Waals surface area contributed by atoms with Gasteiger partial charge in [-0.15, -0.1) is 0 Å². The van der Waals surface area contributed by atoms with Gasteiger partial charge >= 0.3 is 0 Å². The largest absolute Gasteiger partial charge is 0.352 e. The number of amides is 1. The van der Waals surface area contributed by atoms with Crippen LogP contribution in [0.4, 0.5) is 0 Å². The van der Waals surface area contributed by atoms with Gasteiger partial charge in [-0.3, -0.25) is 4.79 Å². The number of halogens is 1. The fraction of sp³-hybridized carbons (Fsp3) is 0.571. The zero-order valence-electron chi connectivity index (χ0n) is 10.2. The molecule has 0 saturated heterocycles. The molecule has 18 heavy (non-hydrogen) atoms. The second-order valence-corrected chi connectivity index (χ2v) is 6.32. The Bertz CT molecular complexity index is 463. The van der Waals surface area contributed by atoms with Gasteiger partial charge in [0, 0.05) is 18.3 Å². The Morgan fingerprint density at radius 2 is 2.33 bits per heavy atom. The van der Waals surface area contributed by atoms with Gasteiger partial charge < -0.3 is 5.32 Å². The Balaban J connectivity index is 1.56. The summed E-state index contributed by atoms with van der Waals surface area (Å²) in [5.74, 6) is 2.52. The molecule has 2 saturated carbocycles. The molecular formula is C14H17BrN2O. The minimum atomic E-state index is 0.0147. The van der Waals surface area contributed by atoms with E-state index < -0.39 is 0 Å². The summed E-state index contributed by atoms with van der Waals surface area (Å²) < 4.78 is 0.704. The molecule has 3 unspecified atom stereocenters. The van der Waals surface area contributed by atoms with Crippen LogP contribution in [-0.2, 0) is 0 Å². The van der Waals surface area contributed by atoms with E-state index in [-0.39, 0.29) is 5.91 Å². The predicted octanol–water partition coefficient (Wildman–Crippen LogP) is 3.01. The number of carbonyl (C=O) groups is 1. The van der Waals surface area contributed by atoms with Gasteiger partial charge in [-0.05, 0) is 65.1 Å². The minimum absolute atomic E-state index is 0.0147. The molecule has 0 aliphatic heterocycles. The lowest BCUT2D eigenvalue weighted by Crippen LogP contribution is -2.31. The van der Waals surface area contributed by atoms with Gasteiger partial charge in [-0.25, -0.2) is 4.98 Å². The Hall–Kier alpha value is -0.900. The molecule has 1 amide bonds. The SMILES string of the molecule is O=C(NCC1CC2CCC1C2)c1ccnc(Br)c1. The first-order chi connectivity index (χ1) is 8.72. The highest BCUT2D eigenvalue weighted by Gasteiger charge is 2.39. The molecular weight excluding hydrogens is 292 g/mol. The Morgan fingerprint density at radius 1 is 1.44 bits per heavy atom. The molecule has 1 N–H and O–H groups in total. The molecule has 3 atom stereocenters. The first-order valence-electron chi connectivity index (χ1n) is 6.62. The van der Waals surface area contributed by atoms with Crippen LogP contribution in [0.2, 0.25) is 0 Å². The molecule has 0 aromatic carbocycles. The number of pyridine rings is 1. The third kappa shape index (κ3) is 2.44. The van der Waals surface area contributed by atoms with Crippen molar-refractivity contribution < 1.29 is 4.79 Å². The zero-order chi connectivity index (χ0) is 12.5. The van der Waals surface area contributed by atoms with Crippen LogP contribution in [0.15, 0.2) is 22.9 Å². The Labute approximate surface area is 116 Å². The molecule has 96 valence electrons. The lowest BCUT2D eigenvalue weighted by Gasteiger charge is -2.21. The summed E-state index contributed by atoms with van der Waals surface area (Å²) in [7, 11) is 0. The van der Waals surface area contributed by atoms with Crippen LogP contribution < -0.4 is 5.32 Å². The summed E-state index contributed by atoms with van der Waals surface area (Å²) in [6.45, 7) is 0.833. The molecule has 1 aromatic heterocycles.